The Hall–Kier alpha value is -0.940. The number of likely N-dealkylation sites (N-methyl/N-ethyl adjacent to an activating group) is 1. The zero-order valence-corrected chi connectivity index (χ0v) is 13.2. The second kappa shape index (κ2) is 8.37. The molecule has 1 aliphatic rings. The number of hydrogen-bond donors (Lipinski definition) is 2. The van der Waals surface area contributed by atoms with Crippen molar-refractivity contribution in [1.29, 1.82) is 0 Å². The minimum absolute atomic E-state index is 0.0208. The molecule has 20 heavy (non-hydrogen) atoms. The van der Waals surface area contributed by atoms with Crippen LogP contribution >= 0.6 is 0 Å². The van der Waals surface area contributed by atoms with Crippen molar-refractivity contribution >= 4 is 11.7 Å². The van der Waals surface area contributed by atoms with Gasteiger partial charge in [-0.1, -0.05) is 13.8 Å². The average molecular weight is 283 g/mol. The predicted molar refractivity (Wildman–Crippen MR) is 80.5 cm³/mol. The number of piperidine rings is 1. The van der Waals surface area contributed by atoms with E-state index < -0.39 is 0 Å². The SMILES string of the molecule is CC(=O)C(NC(=O)CN(C)CC1CCCNC1)C(C)C. The van der Waals surface area contributed by atoms with Gasteiger partial charge >= 0.3 is 0 Å². The molecule has 1 rings (SSSR count). The smallest absolute Gasteiger partial charge is 0.234 e. The number of carbonyl (C=O) groups excluding carboxylic acids is 2. The van der Waals surface area contributed by atoms with E-state index in [0.29, 0.717) is 12.5 Å². The van der Waals surface area contributed by atoms with Gasteiger partial charge in [0.2, 0.25) is 5.91 Å². The maximum atomic E-state index is 12.0. The Kier molecular flexibility index (Phi) is 7.16. The fourth-order valence-electron chi connectivity index (χ4n) is 2.79. The van der Waals surface area contributed by atoms with E-state index in [1.54, 1.807) is 0 Å². The molecule has 1 heterocycles. The summed E-state index contributed by atoms with van der Waals surface area (Å²) in [4.78, 5) is 25.5. The first-order valence-electron chi connectivity index (χ1n) is 7.59. The van der Waals surface area contributed by atoms with Gasteiger partial charge in [-0.3, -0.25) is 14.5 Å². The van der Waals surface area contributed by atoms with Crippen molar-refractivity contribution in [1.82, 2.24) is 15.5 Å². The van der Waals surface area contributed by atoms with Gasteiger partial charge in [-0.15, -0.1) is 0 Å². The lowest BCUT2D eigenvalue weighted by Gasteiger charge is -2.28. The van der Waals surface area contributed by atoms with Crippen molar-refractivity contribution in [3.8, 4) is 0 Å². The molecule has 0 saturated carbocycles. The fourth-order valence-corrected chi connectivity index (χ4v) is 2.79. The monoisotopic (exact) mass is 283 g/mol. The number of hydrogen-bond acceptors (Lipinski definition) is 4. The molecule has 0 aromatic heterocycles. The van der Waals surface area contributed by atoms with E-state index in [9.17, 15) is 9.59 Å². The molecule has 5 nitrogen and oxygen atoms in total. The fraction of sp³-hybridized carbons (Fsp3) is 0.867. The van der Waals surface area contributed by atoms with Crippen molar-refractivity contribution in [2.24, 2.45) is 11.8 Å². The lowest BCUT2D eigenvalue weighted by atomic mass is 9.99. The second-order valence-corrected chi connectivity index (χ2v) is 6.31. The van der Waals surface area contributed by atoms with Crippen LogP contribution in [-0.2, 0) is 9.59 Å². The van der Waals surface area contributed by atoms with Crippen LogP contribution in [0.3, 0.4) is 0 Å². The first kappa shape index (κ1) is 17.1. The standard InChI is InChI=1S/C15H29N3O2/c1-11(2)15(12(3)19)17-14(20)10-18(4)9-13-6-5-7-16-8-13/h11,13,15-16H,5-10H2,1-4H3,(H,17,20). The highest BCUT2D eigenvalue weighted by atomic mass is 16.2. The third-order valence-corrected chi connectivity index (χ3v) is 3.80. The van der Waals surface area contributed by atoms with Crippen LogP contribution in [0.5, 0.6) is 0 Å². The summed E-state index contributed by atoms with van der Waals surface area (Å²) in [5.41, 5.74) is 0. The highest BCUT2D eigenvalue weighted by Crippen LogP contribution is 2.10. The van der Waals surface area contributed by atoms with Crippen LogP contribution in [0.15, 0.2) is 0 Å². The molecule has 0 radical (unpaired) electrons. The summed E-state index contributed by atoms with van der Waals surface area (Å²) in [6.45, 7) is 8.85. The molecular formula is C15H29N3O2. The first-order valence-corrected chi connectivity index (χ1v) is 7.59. The van der Waals surface area contributed by atoms with E-state index in [2.05, 4.69) is 10.6 Å². The predicted octanol–water partition coefficient (Wildman–Crippen LogP) is 0.648. The summed E-state index contributed by atoms with van der Waals surface area (Å²) in [5.74, 6) is 0.706. The molecule has 1 fully saturated rings. The van der Waals surface area contributed by atoms with Crippen LogP contribution in [0.25, 0.3) is 0 Å². The molecule has 0 aromatic carbocycles. The maximum Gasteiger partial charge on any atom is 0.234 e. The quantitative estimate of drug-likeness (QED) is 0.720. The minimum atomic E-state index is -0.368. The normalized spacial score (nSPS) is 21.0. The van der Waals surface area contributed by atoms with E-state index in [-0.39, 0.29) is 23.7 Å². The number of nitrogens with zero attached hydrogens (tertiary/aromatic N) is 1. The Balaban J connectivity index is 2.34. The highest BCUT2D eigenvalue weighted by Gasteiger charge is 2.22. The summed E-state index contributed by atoms with van der Waals surface area (Å²) < 4.78 is 0. The molecule has 2 N–H and O–H groups in total. The number of ketones is 1. The highest BCUT2D eigenvalue weighted by molar-refractivity contribution is 5.88. The van der Waals surface area contributed by atoms with Gasteiger partial charge in [0.1, 0.15) is 0 Å². The molecule has 1 saturated heterocycles. The third kappa shape index (κ3) is 6.01. The summed E-state index contributed by atoms with van der Waals surface area (Å²) in [7, 11) is 1.96. The summed E-state index contributed by atoms with van der Waals surface area (Å²) >= 11 is 0. The summed E-state index contributed by atoms with van der Waals surface area (Å²) in [6.07, 6.45) is 2.44. The van der Waals surface area contributed by atoms with Crippen molar-refractivity contribution in [3.63, 3.8) is 0 Å². The van der Waals surface area contributed by atoms with Gasteiger partial charge in [0, 0.05) is 6.54 Å². The number of rotatable bonds is 7. The Morgan fingerprint density at radius 3 is 2.60 bits per heavy atom. The van der Waals surface area contributed by atoms with Crippen LogP contribution in [0.4, 0.5) is 0 Å². The van der Waals surface area contributed by atoms with Crippen molar-refractivity contribution in [3.05, 3.63) is 0 Å². The molecule has 0 aliphatic carbocycles. The van der Waals surface area contributed by atoms with E-state index in [1.807, 2.05) is 25.8 Å². The number of nitrogens with one attached hydrogen (secondary N) is 2. The molecular weight excluding hydrogens is 254 g/mol. The largest absolute Gasteiger partial charge is 0.345 e. The zero-order valence-electron chi connectivity index (χ0n) is 13.2. The van der Waals surface area contributed by atoms with Crippen molar-refractivity contribution in [2.75, 3.05) is 33.2 Å². The first-order chi connectivity index (χ1) is 9.40. The molecule has 0 aromatic rings. The van der Waals surface area contributed by atoms with Crippen LogP contribution in [0, 0.1) is 11.8 Å². The van der Waals surface area contributed by atoms with E-state index >= 15 is 0 Å². The van der Waals surface area contributed by atoms with E-state index in [0.717, 1.165) is 19.6 Å². The summed E-state index contributed by atoms with van der Waals surface area (Å²) in [6, 6.07) is -0.368. The van der Waals surface area contributed by atoms with Gasteiger partial charge < -0.3 is 10.6 Å². The number of carbonyl (C=O) groups is 2. The number of amides is 1. The second-order valence-electron chi connectivity index (χ2n) is 6.31. The van der Waals surface area contributed by atoms with Gasteiger partial charge in [-0.05, 0) is 51.7 Å². The van der Waals surface area contributed by atoms with Crippen LogP contribution in [0.2, 0.25) is 0 Å². The van der Waals surface area contributed by atoms with Crippen LogP contribution < -0.4 is 10.6 Å². The minimum Gasteiger partial charge on any atom is -0.345 e. The maximum absolute atomic E-state index is 12.0. The van der Waals surface area contributed by atoms with Gasteiger partial charge in [0.25, 0.3) is 0 Å². The molecule has 2 atom stereocenters. The molecule has 116 valence electrons. The topological polar surface area (TPSA) is 61.4 Å². The Morgan fingerprint density at radius 2 is 2.10 bits per heavy atom. The van der Waals surface area contributed by atoms with Crippen LogP contribution in [0.1, 0.15) is 33.6 Å². The van der Waals surface area contributed by atoms with E-state index in [1.165, 1.54) is 19.8 Å². The molecule has 1 amide bonds. The van der Waals surface area contributed by atoms with E-state index in [4.69, 9.17) is 0 Å². The third-order valence-electron chi connectivity index (χ3n) is 3.80. The van der Waals surface area contributed by atoms with Crippen LogP contribution in [-0.4, -0.2) is 55.9 Å². The number of Topliss-reactive ketones (excluding diaryl/α,β-unsaturated/α-hetero) is 1. The Morgan fingerprint density at radius 1 is 1.40 bits per heavy atom. The summed E-state index contributed by atoms with van der Waals surface area (Å²) in [5, 5.41) is 6.22. The average Bonchev–Trinajstić information content (AvgIpc) is 2.36. The van der Waals surface area contributed by atoms with Gasteiger partial charge in [-0.25, -0.2) is 0 Å². The van der Waals surface area contributed by atoms with Crippen molar-refractivity contribution in [2.45, 2.75) is 39.7 Å². The molecule has 0 bridgehead atoms. The molecule has 5 heteroatoms. The molecule has 1 aliphatic heterocycles. The lowest BCUT2D eigenvalue weighted by Crippen LogP contribution is -2.47. The van der Waals surface area contributed by atoms with Gasteiger partial charge in [0.15, 0.2) is 5.78 Å². The molecule has 2 unspecified atom stereocenters. The van der Waals surface area contributed by atoms with Gasteiger partial charge in [-0.2, -0.15) is 0 Å². The zero-order chi connectivity index (χ0) is 15.1. The molecule has 0 spiro atoms. The van der Waals surface area contributed by atoms with Crippen molar-refractivity contribution < 1.29 is 9.59 Å². The lowest BCUT2D eigenvalue weighted by molar-refractivity contribution is -0.128. The Labute approximate surface area is 122 Å². The Bertz CT molecular complexity index is 325. The van der Waals surface area contributed by atoms with Gasteiger partial charge in [0.05, 0.1) is 12.6 Å².